The van der Waals surface area contributed by atoms with Gasteiger partial charge in [0.05, 0.1) is 28.8 Å². The number of halogens is 1. The Labute approximate surface area is 159 Å². The predicted molar refractivity (Wildman–Crippen MR) is 107 cm³/mol. The quantitative estimate of drug-likeness (QED) is 0.599. The monoisotopic (exact) mass is 408 g/mol. The van der Waals surface area contributed by atoms with Gasteiger partial charge >= 0.3 is 0 Å². The van der Waals surface area contributed by atoms with E-state index in [0.717, 1.165) is 16.5 Å². The van der Waals surface area contributed by atoms with Gasteiger partial charge in [0.2, 0.25) is 0 Å². The minimum Gasteiger partial charge on any atom is -0.267 e. The maximum atomic E-state index is 13.0. The molecule has 0 radical (unpaired) electrons. The highest BCUT2D eigenvalue weighted by atomic mass is 79.9. The lowest BCUT2D eigenvalue weighted by atomic mass is 10.1. The molecule has 1 atom stereocenters. The van der Waals surface area contributed by atoms with E-state index in [1.807, 2.05) is 19.1 Å². The molecule has 0 amide bonds. The molecule has 3 rings (SSSR count). The van der Waals surface area contributed by atoms with Crippen LogP contribution in [0.15, 0.2) is 56.8 Å². The van der Waals surface area contributed by atoms with Crippen LogP contribution in [0.25, 0.3) is 10.9 Å². The molecular weight excluding hydrogens is 392 g/mol. The van der Waals surface area contributed by atoms with E-state index in [1.165, 1.54) is 4.68 Å². The molecular formula is C20H17BrN4O. The maximum absolute atomic E-state index is 13.0. The van der Waals surface area contributed by atoms with Crippen molar-refractivity contribution in [3.63, 3.8) is 0 Å². The van der Waals surface area contributed by atoms with Gasteiger partial charge in [-0.1, -0.05) is 41.9 Å². The average molecular weight is 409 g/mol. The normalized spacial score (nSPS) is 12.4. The molecule has 0 saturated heterocycles. The highest BCUT2D eigenvalue weighted by Crippen LogP contribution is 2.20. The van der Waals surface area contributed by atoms with E-state index >= 15 is 0 Å². The van der Waals surface area contributed by atoms with E-state index in [4.69, 9.17) is 5.26 Å². The van der Waals surface area contributed by atoms with Gasteiger partial charge in [-0.3, -0.25) is 4.79 Å². The van der Waals surface area contributed by atoms with E-state index in [1.54, 1.807) is 36.5 Å². The summed E-state index contributed by atoms with van der Waals surface area (Å²) in [6.07, 6.45) is 2.46. The Morgan fingerprint density at radius 2 is 2.04 bits per heavy atom. The molecule has 5 nitrogen and oxygen atoms in total. The topological polar surface area (TPSA) is 71.0 Å². The lowest BCUT2D eigenvalue weighted by Gasteiger charge is -2.13. The minimum absolute atomic E-state index is 0.0915. The SMILES string of the molecule is CC[C@@H](C)c1nc2ccc(Br)cc2c(=O)n1N=Cc1ccc(C#N)cc1. The number of nitrogens with zero attached hydrogens (tertiary/aromatic N) is 4. The van der Waals surface area contributed by atoms with Crippen molar-refractivity contribution in [2.24, 2.45) is 5.10 Å². The van der Waals surface area contributed by atoms with Gasteiger partial charge in [0.15, 0.2) is 0 Å². The van der Waals surface area contributed by atoms with Crippen LogP contribution in [0.4, 0.5) is 0 Å². The molecule has 2 aromatic carbocycles. The summed E-state index contributed by atoms with van der Waals surface area (Å²) in [6.45, 7) is 4.08. The lowest BCUT2D eigenvalue weighted by Crippen LogP contribution is -2.23. The van der Waals surface area contributed by atoms with Crippen molar-refractivity contribution in [2.75, 3.05) is 0 Å². The van der Waals surface area contributed by atoms with Crippen LogP contribution in [0.5, 0.6) is 0 Å². The molecule has 26 heavy (non-hydrogen) atoms. The van der Waals surface area contributed by atoms with E-state index in [0.29, 0.717) is 22.3 Å². The van der Waals surface area contributed by atoms with Crippen LogP contribution in [-0.4, -0.2) is 15.9 Å². The van der Waals surface area contributed by atoms with E-state index in [-0.39, 0.29) is 11.5 Å². The third kappa shape index (κ3) is 3.58. The molecule has 1 heterocycles. The standard InChI is InChI=1S/C20H17BrN4O/c1-3-13(2)19-24-18-9-8-16(21)10-17(18)20(26)25(19)23-12-15-6-4-14(11-22)5-7-15/h4-10,12-13H,3H2,1-2H3/t13-/m1/s1. The second kappa shape index (κ2) is 7.63. The largest absolute Gasteiger partial charge is 0.282 e. The van der Waals surface area contributed by atoms with Gasteiger partial charge in [0.25, 0.3) is 5.56 Å². The zero-order valence-corrected chi connectivity index (χ0v) is 16.1. The van der Waals surface area contributed by atoms with Crippen LogP contribution in [-0.2, 0) is 0 Å². The van der Waals surface area contributed by atoms with Gasteiger partial charge in [-0.15, -0.1) is 0 Å². The predicted octanol–water partition coefficient (Wildman–Crippen LogP) is 4.43. The number of fused-ring (bicyclic) bond motifs is 1. The molecule has 0 N–H and O–H groups in total. The summed E-state index contributed by atoms with van der Waals surface area (Å²) >= 11 is 3.40. The Morgan fingerprint density at radius 1 is 1.31 bits per heavy atom. The van der Waals surface area contributed by atoms with Crippen LogP contribution in [0, 0.1) is 11.3 Å². The minimum atomic E-state index is -0.198. The molecule has 0 aliphatic carbocycles. The number of rotatable bonds is 4. The van der Waals surface area contributed by atoms with Crippen molar-refractivity contribution in [3.8, 4) is 6.07 Å². The van der Waals surface area contributed by atoms with Crippen LogP contribution in [0.3, 0.4) is 0 Å². The summed E-state index contributed by atoms with van der Waals surface area (Å²) in [7, 11) is 0. The molecule has 0 bridgehead atoms. The van der Waals surface area contributed by atoms with Gasteiger partial charge < -0.3 is 0 Å². The van der Waals surface area contributed by atoms with Crippen LogP contribution in [0.2, 0.25) is 0 Å². The molecule has 0 unspecified atom stereocenters. The third-order valence-electron chi connectivity index (χ3n) is 4.25. The molecule has 0 aliphatic heterocycles. The van der Waals surface area contributed by atoms with E-state index < -0.39 is 0 Å². The molecule has 0 fully saturated rings. The lowest BCUT2D eigenvalue weighted by molar-refractivity contribution is 0.613. The third-order valence-corrected chi connectivity index (χ3v) is 4.74. The first-order valence-electron chi connectivity index (χ1n) is 8.30. The highest BCUT2D eigenvalue weighted by Gasteiger charge is 2.15. The van der Waals surface area contributed by atoms with E-state index in [9.17, 15) is 4.79 Å². The van der Waals surface area contributed by atoms with Gasteiger partial charge in [-0.05, 0) is 42.3 Å². The van der Waals surface area contributed by atoms with Crippen molar-refractivity contribution in [1.82, 2.24) is 9.66 Å². The summed E-state index contributed by atoms with van der Waals surface area (Å²) in [6, 6.07) is 14.6. The number of nitriles is 1. The van der Waals surface area contributed by atoms with Crippen LogP contribution < -0.4 is 5.56 Å². The first kappa shape index (κ1) is 18.0. The fourth-order valence-corrected chi connectivity index (χ4v) is 2.91. The summed E-state index contributed by atoms with van der Waals surface area (Å²) in [5.74, 6) is 0.728. The molecule has 0 aliphatic rings. The van der Waals surface area contributed by atoms with Gasteiger partial charge in [0.1, 0.15) is 5.82 Å². The van der Waals surface area contributed by atoms with Crippen LogP contribution >= 0.6 is 15.9 Å². The van der Waals surface area contributed by atoms with Crippen molar-refractivity contribution in [2.45, 2.75) is 26.2 Å². The van der Waals surface area contributed by atoms with Crippen molar-refractivity contribution in [3.05, 3.63) is 74.2 Å². The first-order chi connectivity index (χ1) is 12.5. The van der Waals surface area contributed by atoms with Gasteiger partial charge in [-0.2, -0.15) is 15.0 Å². The maximum Gasteiger partial charge on any atom is 0.282 e. The van der Waals surface area contributed by atoms with Crippen molar-refractivity contribution >= 4 is 33.0 Å². The number of aromatic nitrogens is 2. The zero-order chi connectivity index (χ0) is 18.7. The Bertz CT molecular complexity index is 1080. The summed E-state index contributed by atoms with van der Waals surface area (Å²) < 4.78 is 2.20. The Balaban J connectivity index is 2.15. The molecule has 0 saturated carbocycles. The van der Waals surface area contributed by atoms with Gasteiger partial charge in [-0.25, -0.2) is 4.98 Å². The molecule has 1 aromatic heterocycles. The van der Waals surface area contributed by atoms with Crippen molar-refractivity contribution in [1.29, 1.82) is 5.26 Å². The van der Waals surface area contributed by atoms with Crippen LogP contribution in [0.1, 0.15) is 43.1 Å². The van der Waals surface area contributed by atoms with Crippen molar-refractivity contribution < 1.29 is 0 Å². The Morgan fingerprint density at radius 3 is 2.69 bits per heavy atom. The highest BCUT2D eigenvalue weighted by molar-refractivity contribution is 9.10. The number of hydrogen-bond acceptors (Lipinski definition) is 4. The zero-order valence-electron chi connectivity index (χ0n) is 14.5. The Kier molecular flexibility index (Phi) is 5.29. The molecule has 3 aromatic rings. The first-order valence-corrected chi connectivity index (χ1v) is 9.09. The second-order valence-corrected chi connectivity index (χ2v) is 6.95. The summed E-state index contributed by atoms with van der Waals surface area (Å²) in [4.78, 5) is 17.7. The Hall–Kier alpha value is -2.78. The smallest absolute Gasteiger partial charge is 0.267 e. The number of hydrogen-bond donors (Lipinski definition) is 0. The summed E-state index contributed by atoms with van der Waals surface area (Å²) in [5, 5.41) is 13.8. The molecule has 0 spiro atoms. The second-order valence-electron chi connectivity index (χ2n) is 6.04. The van der Waals surface area contributed by atoms with Gasteiger partial charge in [0, 0.05) is 10.4 Å². The van der Waals surface area contributed by atoms with E-state index in [2.05, 4.69) is 39.0 Å². The molecule has 130 valence electrons. The average Bonchev–Trinajstić information content (AvgIpc) is 2.67. The number of benzene rings is 2. The summed E-state index contributed by atoms with van der Waals surface area (Å²) in [5.41, 5.74) is 1.85. The fraction of sp³-hybridized carbons (Fsp3) is 0.200. The fourth-order valence-electron chi connectivity index (χ4n) is 2.55. The molecule has 6 heteroatoms.